The molecule has 0 saturated carbocycles. The van der Waals surface area contributed by atoms with E-state index in [1.54, 1.807) is 30.1 Å². The third kappa shape index (κ3) is 5.99. The molecule has 1 atom stereocenters. The van der Waals surface area contributed by atoms with Gasteiger partial charge in [0.2, 0.25) is 11.9 Å². The predicted molar refractivity (Wildman–Crippen MR) is 149 cm³/mol. The summed E-state index contributed by atoms with van der Waals surface area (Å²) in [6.45, 7) is 2.35. The number of hydrogen-bond donors (Lipinski definition) is 2. The monoisotopic (exact) mass is 567 g/mol. The number of likely N-dealkylation sites (N-methyl/N-ethyl adjacent to an activating group) is 1. The van der Waals surface area contributed by atoms with Crippen LogP contribution in [-0.4, -0.2) is 80.1 Å². The molecular formula is C28H32F3N9O. The number of rotatable bonds is 7. The summed E-state index contributed by atoms with van der Waals surface area (Å²) in [5.41, 5.74) is 2.37. The van der Waals surface area contributed by atoms with Gasteiger partial charge in [-0.25, -0.2) is 18.4 Å². The number of aryl methyl sites for hydroxylation is 1. The largest absolute Gasteiger partial charge is 0.487 e. The standard InChI is InChI=1S/C28H32F3N9O/c1-38-11-3-4-20(17-38)41-23-14-18(21-16-33-36-25(21)29)5-7-22(23)34-27-35-26(37-39(27)2)19-6-8-24(32-15-19)40-12-9-28(30,31)10-13-40/h5-8,14-16,20H,3-4,9-13,17H2,1-2H3,(H,33,36)(H,34,35,37). The number of aromatic amines is 1. The van der Waals surface area contributed by atoms with Crippen LogP contribution in [0.2, 0.25) is 0 Å². The first-order valence-corrected chi connectivity index (χ1v) is 13.7. The number of piperidine rings is 2. The number of halogens is 3. The number of likely N-dealkylation sites (tertiary alicyclic amines) is 1. The van der Waals surface area contributed by atoms with Crippen molar-refractivity contribution in [1.82, 2.24) is 34.8 Å². The number of hydrogen-bond acceptors (Lipinski definition) is 8. The zero-order valence-electron chi connectivity index (χ0n) is 22.9. The van der Waals surface area contributed by atoms with Crippen molar-refractivity contribution in [1.29, 1.82) is 0 Å². The second kappa shape index (κ2) is 11.0. The highest BCUT2D eigenvalue weighted by atomic mass is 19.3. The zero-order valence-corrected chi connectivity index (χ0v) is 22.9. The Labute approximate surface area is 235 Å². The van der Waals surface area contributed by atoms with E-state index in [1.807, 2.05) is 23.1 Å². The lowest BCUT2D eigenvalue weighted by molar-refractivity contribution is -0.0221. The molecule has 0 bridgehead atoms. The topological polar surface area (TPSA) is 100 Å². The van der Waals surface area contributed by atoms with Crippen LogP contribution < -0.4 is 15.0 Å². The number of nitrogens with one attached hydrogen (secondary N) is 2. The quantitative estimate of drug-likeness (QED) is 0.327. The van der Waals surface area contributed by atoms with Gasteiger partial charge in [-0.1, -0.05) is 6.07 Å². The van der Waals surface area contributed by atoms with Crippen LogP contribution in [0.15, 0.2) is 42.7 Å². The molecule has 0 amide bonds. The summed E-state index contributed by atoms with van der Waals surface area (Å²) in [6, 6.07) is 9.09. The molecule has 1 aromatic carbocycles. The van der Waals surface area contributed by atoms with Crippen molar-refractivity contribution in [2.45, 2.75) is 37.7 Å². The third-order valence-corrected chi connectivity index (χ3v) is 7.59. The van der Waals surface area contributed by atoms with Crippen molar-refractivity contribution >= 4 is 17.5 Å². The van der Waals surface area contributed by atoms with Crippen LogP contribution in [0.4, 0.5) is 30.6 Å². The predicted octanol–water partition coefficient (Wildman–Crippen LogP) is 4.86. The lowest BCUT2D eigenvalue weighted by Gasteiger charge is -2.32. The molecule has 3 aromatic heterocycles. The smallest absolute Gasteiger partial charge is 0.251 e. The Bertz CT molecular complexity index is 1490. The Morgan fingerprint density at radius 2 is 1.85 bits per heavy atom. The molecule has 6 rings (SSSR count). The van der Waals surface area contributed by atoms with Gasteiger partial charge in [-0.05, 0) is 56.3 Å². The fourth-order valence-electron chi connectivity index (χ4n) is 5.26. The molecule has 2 aliphatic rings. The van der Waals surface area contributed by atoms with E-state index in [9.17, 15) is 13.2 Å². The van der Waals surface area contributed by atoms with Gasteiger partial charge in [0.1, 0.15) is 17.7 Å². The number of aromatic nitrogens is 6. The van der Waals surface area contributed by atoms with E-state index >= 15 is 0 Å². The van der Waals surface area contributed by atoms with Gasteiger partial charge < -0.3 is 19.9 Å². The van der Waals surface area contributed by atoms with Crippen molar-refractivity contribution in [2.75, 3.05) is 43.4 Å². The normalized spacial score (nSPS) is 19.3. The molecule has 5 heterocycles. The summed E-state index contributed by atoms with van der Waals surface area (Å²) >= 11 is 0. The Morgan fingerprint density at radius 3 is 2.56 bits per heavy atom. The van der Waals surface area contributed by atoms with Gasteiger partial charge in [0.05, 0.1) is 17.4 Å². The van der Waals surface area contributed by atoms with Gasteiger partial charge in [0.25, 0.3) is 5.92 Å². The summed E-state index contributed by atoms with van der Waals surface area (Å²) in [5, 5.41) is 14.0. The van der Waals surface area contributed by atoms with E-state index in [0.717, 1.165) is 25.9 Å². The fraction of sp³-hybridized carbons (Fsp3) is 0.429. The van der Waals surface area contributed by atoms with Crippen LogP contribution in [0.3, 0.4) is 0 Å². The molecule has 216 valence electrons. The summed E-state index contributed by atoms with van der Waals surface area (Å²) in [5.74, 6) is -0.938. The molecule has 0 radical (unpaired) electrons. The Hall–Kier alpha value is -4.13. The maximum atomic E-state index is 14.3. The SMILES string of the molecule is CN1CCCC(Oc2cc(-c3cn[nH]c3F)ccc2Nc2nc(-c3ccc(N4CCC(F)(F)CC4)nc3)nn2C)C1. The minimum absolute atomic E-state index is 0.00970. The molecule has 41 heavy (non-hydrogen) atoms. The maximum absolute atomic E-state index is 14.3. The Morgan fingerprint density at radius 1 is 1.05 bits per heavy atom. The molecular weight excluding hydrogens is 535 g/mol. The van der Waals surface area contributed by atoms with Gasteiger partial charge >= 0.3 is 0 Å². The molecule has 0 aliphatic carbocycles. The number of ether oxygens (including phenoxy) is 1. The summed E-state index contributed by atoms with van der Waals surface area (Å²) in [7, 11) is 3.85. The lowest BCUT2D eigenvalue weighted by atomic mass is 10.1. The van der Waals surface area contributed by atoms with E-state index < -0.39 is 11.9 Å². The van der Waals surface area contributed by atoms with Crippen LogP contribution in [0.5, 0.6) is 5.75 Å². The highest BCUT2D eigenvalue weighted by Gasteiger charge is 2.34. The third-order valence-electron chi connectivity index (χ3n) is 7.59. The molecule has 13 heteroatoms. The lowest BCUT2D eigenvalue weighted by Crippen LogP contribution is -2.39. The molecule has 1 unspecified atom stereocenters. The fourth-order valence-corrected chi connectivity index (χ4v) is 5.26. The van der Waals surface area contributed by atoms with E-state index in [2.05, 4.69) is 42.5 Å². The summed E-state index contributed by atoms with van der Waals surface area (Å²) < 4.78 is 49.4. The molecule has 2 N–H and O–H groups in total. The molecule has 2 aliphatic heterocycles. The number of nitrogens with zero attached hydrogens (tertiary/aromatic N) is 7. The van der Waals surface area contributed by atoms with Crippen molar-refractivity contribution < 1.29 is 17.9 Å². The minimum atomic E-state index is -2.61. The van der Waals surface area contributed by atoms with Gasteiger partial charge in [-0.2, -0.15) is 14.5 Å². The molecule has 0 spiro atoms. The molecule has 4 aromatic rings. The highest BCUT2D eigenvalue weighted by molar-refractivity contribution is 5.73. The average molecular weight is 568 g/mol. The van der Waals surface area contributed by atoms with Crippen molar-refractivity contribution in [3.8, 4) is 28.3 Å². The van der Waals surface area contributed by atoms with Gasteiger partial charge in [0, 0.05) is 51.3 Å². The number of H-pyrrole nitrogens is 1. The van der Waals surface area contributed by atoms with Crippen LogP contribution in [0, 0.1) is 5.95 Å². The number of benzene rings is 1. The second-order valence-corrected chi connectivity index (χ2v) is 10.7. The van der Waals surface area contributed by atoms with Crippen LogP contribution in [0.25, 0.3) is 22.5 Å². The van der Waals surface area contributed by atoms with Crippen molar-refractivity contribution in [3.63, 3.8) is 0 Å². The van der Waals surface area contributed by atoms with E-state index in [-0.39, 0.29) is 32.0 Å². The van der Waals surface area contributed by atoms with Crippen LogP contribution in [0.1, 0.15) is 25.7 Å². The average Bonchev–Trinajstić information content (AvgIpc) is 3.55. The summed E-state index contributed by atoms with van der Waals surface area (Å²) in [6.07, 6.45) is 4.70. The van der Waals surface area contributed by atoms with E-state index in [4.69, 9.17) is 4.74 Å². The molecule has 10 nitrogen and oxygen atoms in total. The zero-order chi connectivity index (χ0) is 28.6. The first-order valence-electron chi connectivity index (χ1n) is 13.7. The van der Waals surface area contributed by atoms with Crippen LogP contribution in [-0.2, 0) is 7.05 Å². The molecule has 2 saturated heterocycles. The second-order valence-electron chi connectivity index (χ2n) is 10.7. The minimum Gasteiger partial charge on any atom is -0.487 e. The van der Waals surface area contributed by atoms with Gasteiger partial charge in [-0.15, -0.1) is 5.10 Å². The Balaban J connectivity index is 1.23. The Kier molecular flexibility index (Phi) is 7.28. The van der Waals surface area contributed by atoms with Gasteiger partial charge in [-0.3, -0.25) is 5.10 Å². The first-order chi connectivity index (χ1) is 19.7. The number of pyridine rings is 1. The molecule has 2 fully saturated rings. The van der Waals surface area contributed by atoms with Crippen molar-refractivity contribution in [3.05, 3.63) is 48.7 Å². The van der Waals surface area contributed by atoms with E-state index in [0.29, 0.717) is 45.7 Å². The first kappa shape index (κ1) is 27.1. The highest BCUT2D eigenvalue weighted by Crippen LogP contribution is 2.35. The number of alkyl halides is 2. The summed E-state index contributed by atoms with van der Waals surface area (Å²) in [4.78, 5) is 13.3. The van der Waals surface area contributed by atoms with E-state index in [1.165, 1.54) is 6.20 Å². The van der Waals surface area contributed by atoms with Crippen molar-refractivity contribution in [2.24, 2.45) is 7.05 Å². The number of anilines is 3. The van der Waals surface area contributed by atoms with Crippen LogP contribution >= 0.6 is 0 Å². The maximum Gasteiger partial charge on any atom is 0.251 e. The van der Waals surface area contributed by atoms with Gasteiger partial charge in [0.15, 0.2) is 5.82 Å².